The van der Waals surface area contributed by atoms with Gasteiger partial charge < -0.3 is 5.32 Å². The Bertz CT molecular complexity index is 1370. The molecule has 0 unspecified atom stereocenters. The molecule has 0 fully saturated rings. The lowest BCUT2D eigenvalue weighted by atomic mass is 10.1. The van der Waals surface area contributed by atoms with Gasteiger partial charge >= 0.3 is 0 Å². The normalized spacial score (nSPS) is 12.2. The zero-order valence-corrected chi connectivity index (χ0v) is 19.8. The van der Waals surface area contributed by atoms with Crippen molar-refractivity contribution in [3.63, 3.8) is 0 Å². The summed E-state index contributed by atoms with van der Waals surface area (Å²) in [4.78, 5) is 26.0. The third-order valence-electron chi connectivity index (χ3n) is 5.80. The van der Waals surface area contributed by atoms with Crippen LogP contribution >= 0.6 is 11.6 Å². The fourth-order valence-corrected chi connectivity index (χ4v) is 4.02. The quantitative estimate of drug-likeness (QED) is 0.467. The maximum absolute atomic E-state index is 13.2. The lowest BCUT2D eigenvalue weighted by molar-refractivity contribution is -0.124. The van der Waals surface area contributed by atoms with Gasteiger partial charge in [-0.15, -0.1) is 0 Å². The van der Waals surface area contributed by atoms with Crippen molar-refractivity contribution in [3.8, 4) is 5.69 Å². The Morgan fingerprint density at radius 1 is 1.03 bits per heavy atom. The third kappa shape index (κ3) is 4.54. The van der Waals surface area contributed by atoms with Crippen LogP contribution in [-0.4, -0.2) is 32.0 Å². The zero-order chi connectivity index (χ0) is 23.7. The highest BCUT2D eigenvalue weighted by molar-refractivity contribution is 6.30. The van der Waals surface area contributed by atoms with Crippen LogP contribution in [0.1, 0.15) is 35.5 Å². The second-order valence-electron chi connectivity index (χ2n) is 8.23. The molecule has 0 aliphatic rings. The molecule has 0 saturated heterocycles. The molecule has 0 aliphatic heterocycles. The van der Waals surface area contributed by atoms with Gasteiger partial charge in [0.25, 0.3) is 5.56 Å². The molecule has 2 aromatic heterocycles. The van der Waals surface area contributed by atoms with Crippen molar-refractivity contribution in [2.75, 3.05) is 6.54 Å². The number of hydrogen-bond acceptors (Lipinski definition) is 4. The molecule has 0 radical (unpaired) electrons. The van der Waals surface area contributed by atoms with E-state index in [4.69, 9.17) is 11.6 Å². The summed E-state index contributed by atoms with van der Waals surface area (Å²) >= 11 is 5.91. The molecule has 0 spiro atoms. The lowest BCUT2D eigenvalue weighted by Gasteiger charge is -2.15. The van der Waals surface area contributed by atoms with E-state index in [0.29, 0.717) is 34.6 Å². The average Bonchev–Trinajstić information content (AvgIpc) is 3.15. The van der Waals surface area contributed by atoms with Crippen LogP contribution in [-0.2, 0) is 11.2 Å². The van der Waals surface area contributed by atoms with Crippen molar-refractivity contribution < 1.29 is 4.79 Å². The van der Waals surface area contributed by atoms with Crippen molar-refractivity contribution in [1.82, 2.24) is 24.9 Å². The minimum atomic E-state index is -0.768. The van der Waals surface area contributed by atoms with Crippen molar-refractivity contribution in [2.24, 2.45) is 0 Å². The summed E-state index contributed by atoms with van der Waals surface area (Å²) in [6, 6.07) is 14.7. The van der Waals surface area contributed by atoms with Gasteiger partial charge in [0.2, 0.25) is 5.91 Å². The maximum atomic E-state index is 13.2. The Morgan fingerprint density at radius 2 is 1.70 bits per heavy atom. The molecule has 33 heavy (non-hydrogen) atoms. The van der Waals surface area contributed by atoms with E-state index in [9.17, 15) is 9.59 Å². The first-order valence-electron chi connectivity index (χ1n) is 10.8. The number of amides is 1. The van der Waals surface area contributed by atoms with E-state index in [0.717, 1.165) is 22.5 Å². The molecule has 170 valence electrons. The lowest BCUT2D eigenvalue weighted by Crippen LogP contribution is -2.38. The summed E-state index contributed by atoms with van der Waals surface area (Å²) in [5, 5.41) is 13.3. The molecule has 1 amide bonds. The van der Waals surface area contributed by atoms with Crippen molar-refractivity contribution >= 4 is 28.4 Å². The largest absolute Gasteiger partial charge is 0.354 e. The Morgan fingerprint density at radius 3 is 2.36 bits per heavy atom. The molecular weight excluding hydrogens is 438 g/mol. The highest BCUT2D eigenvalue weighted by Crippen LogP contribution is 2.22. The van der Waals surface area contributed by atoms with Gasteiger partial charge in [0.1, 0.15) is 6.04 Å². The van der Waals surface area contributed by atoms with Gasteiger partial charge in [-0.2, -0.15) is 10.2 Å². The van der Waals surface area contributed by atoms with Gasteiger partial charge in [-0.1, -0.05) is 41.4 Å². The average molecular weight is 464 g/mol. The van der Waals surface area contributed by atoms with Crippen LogP contribution in [0.3, 0.4) is 0 Å². The van der Waals surface area contributed by atoms with E-state index in [1.54, 1.807) is 11.6 Å². The minimum absolute atomic E-state index is 0.271. The van der Waals surface area contributed by atoms with E-state index >= 15 is 0 Å². The minimum Gasteiger partial charge on any atom is -0.354 e. The first kappa shape index (κ1) is 22.7. The molecule has 0 saturated carbocycles. The van der Waals surface area contributed by atoms with Crippen LogP contribution < -0.4 is 10.9 Å². The second kappa shape index (κ2) is 9.19. The number of rotatable bonds is 6. The number of halogens is 1. The number of carbonyl (C=O) groups is 1. The molecule has 2 aromatic carbocycles. The Labute approximate surface area is 197 Å². The Hall–Kier alpha value is -3.45. The first-order valence-corrected chi connectivity index (χ1v) is 11.2. The maximum Gasteiger partial charge on any atom is 0.295 e. The van der Waals surface area contributed by atoms with Crippen molar-refractivity contribution in [1.29, 1.82) is 0 Å². The van der Waals surface area contributed by atoms with Crippen molar-refractivity contribution in [2.45, 2.75) is 40.2 Å². The highest BCUT2D eigenvalue weighted by Gasteiger charge is 2.23. The predicted octanol–water partition coefficient (Wildman–Crippen LogP) is 4.08. The summed E-state index contributed by atoms with van der Waals surface area (Å²) < 4.78 is 2.97. The van der Waals surface area contributed by atoms with Gasteiger partial charge in [-0.3, -0.25) is 9.59 Å². The summed E-state index contributed by atoms with van der Waals surface area (Å²) in [7, 11) is 0. The number of hydrogen-bond donors (Lipinski definition) is 1. The first-order chi connectivity index (χ1) is 15.8. The van der Waals surface area contributed by atoms with Gasteiger partial charge in [0.05, 0.1) is 22.5 Å². The molecule has 0 aliphatic carbocycles. The SMILES string of the molecule is Cc1ccc(-n2nc3c(=O)n([C@@H](C)C(=O)NCCc4ccc(Cl)cc4)nc(C)c3c2C)cc1. The molecule has 0 bridgehead atoms. The topological polar surface area (TPSA) is 81.8 Å². The smallest absolute Gasteiger partial charge is 0.295 e. The number of aromatic nitrogens is 4. The van der Waals surface area contributed by atoms with Crippen LogP contribution in [0.4, 0.5) is 0 Å². The van der Waals surface area contributed by atoms with E-state index in [1.807, 2.05) is 69.3 Å². The monoisotopic (exact) mass is 463 g/mol. The molecule has 8 heteroatoms. The molecular formula is C25H26ClN5O2. The van der Waals surface area contributed by atoms with Gasteiger partial charge in [-0.05, 0) is 63.9 Å². The van der Waals surface area contributed by atoms with E-state index in [-0.39, 0.29) is 11.5 Å². The molecule has 4 rings (SSSR count). The standard InChI is InChI=1S/C25H26ClN5O2/c1-15-5-11-21(12-6-15)30-17(3)22-16(2)28-31(25(33)23(22)29-30)18(4)24(32)27-14-13-19-7-9-20(26)10-8-19/h5-12,18H,13-14H2,1-4H3,(H,27,32)/t18-/m0/s1. The molecule has 7 nitrogen and oxygen atoms in total. The third-order valence-corrected chi connectivity index (χ3v) is 6.05. The van der Waals surface area contributed by atoms with E-state index in [2.05, 4.69) is 15.5 Å². The summed E-state index contributed by atoms with van der Waals surface area (Å²) in [5.41, 5.74) is 4.49. The number of carbonyl (C=O) groups excluding carboxylic acids is 1. The number of nitrogens with one attached hydrogen (secondary N) is 1. The predicted molar refractivity (Wildman–Crippen MR) is 130 cm³/mol. The Kier molecular flexibility index (Phi) is 6.33. The zero-order valence-electron chi connectivity index (χ0n) is 19.1. The van der Waals surface area contributed by atoms with Crippen molar-refractivity contribution in [3.05, 3.63) is 86.4 Å². The van der Waals surface area contributed by atoms with E-state index in [1.165, 1.54) is 4.68 Å². The summed E-state index contributed by atoms with van der Waals surface area (Å²) in [6.45, 7) is 7.88. The highest BCUT2D eigenvalue weighted by atomic mass is 35.5. The van der Waals surface area contributed by atoms with E-state index < -0.39 is 6.04 Å². The second-order valence-corrected chi connectivity index (χ2v) is 8.67. The summed E-state index contributed by atoms with van der Waals surface area (Å²) in [5.74, 6) is -0.271. The van der Waals surface area contributed by atoms with Crippen LogP contribution in [0.15, 0.2) is 53.3 Å². The van der Waals surface area contributed by atoms with Gasteiger partial charge in [-0.25, -0.2) is 9.36 Å². The van der Waals surface area contributed by atoms with Crippen LogP contribution in [0.2, 0.25) is 5.02 Å². The van der Waals surface area contributed by atoms with Gasteiger partial charge in [0, 0.05) is 11.6 Å². The van der Waals surface area contributed by atoms with Crippen LogP contribution in [0.5, 0.6) is 0 Å². The van der Waals surface area contributed by atoms with Crippen LogP contribution in [0, 0.1) is 20.8 Å². The fraction of sp³-hybridized carbons (Fsp3) is 0.280. The molecule has 1 atom stereocenters. The Balaban J connectivity index is 1.58. The van der Waals surface area contributed by atoms with Crippen LogP contribution in [0.25, 0.3) is 16.6 Å². The number of fused-ring (bicyclic) bond motifs is 1. The summed E-state index contributed by atoms with van der Waals surface area (Å²) in [6.07, 6.45) is 0.663. The molecule has 2 heterocycles. The number of aryl methyl sites for hydroxylation is 3. The molecule has 1 N–H and O–H groups in total. The van der Waals surface area contributed by atoms with Gasteiger partial charge in [0.15, 0.2) is 5.52 Å². The number of nitrogens with zero attached hydrogens (tertiary/aromatic N) is 4. The fourth-order valence-electron chi connectivity index (χ4n) is 3.89. The number of benzene rings is 2. The molecule has 4 aromatic rings.